The second-order valence-electron chi connectivity index (χ2n) is 8.90. The normalized spacial score (nSPS) is 14.8. The highest BCUT2D eigenvalue weighted by Crippen LogP contribution is 2.32. The molecule has 3 aromatic rings. The number of carbonyl (C=O) groups excluding carboxylic acids is 1. The summed E-state index contributed by atoms with van der Waals surface area (Å²) in [5.41, 5.74) is 1.09. The number of aromatic nitrogens is 2. The van der Waals surface area contributed by atoms with Crippen molar-refractivity contribution in [3.63, 3.8) is 0 Å². The molecule has 1 aliphatic heterocycles. The van der Waals surface area contributed by atoms with Gasteiger partial charge in [-0.25, -0.2) is 18.4 Å². The van der Waals surface area contributed by atoms with Crippen LogP contribution in [0.2, 0.25) is 0 Å². The van der Waals surface area contributed by atoms with Crippen molar-refractivity contribution in [3.05, 3.63) is 72.6 Å². The number of nitrogens with zero attached hydrogens (tertiary/aromatic N) is 3. The maximum Gasteiger partial charge on any atom is 0.323 e. The Morgan fingerprint density at radius 2 is 1.77 bits per heavy atom. The van der Waals surface area contributed by atoms with Crippen molar-refractivity contribution in [2.24, 2.45) is 0 Å². The van der Waals surface area contributed by atoms with Crippen molar-refractivity contribution < 1.29 is 27.9 Å². The molecule has 1 aliphatic rings. The summed E-state index contributed by atoms with van der Waals surface area (Å²) < 4.78 is 32.7. The summed E-state index contributed by atoms with van der Waals surface area (Å²) >= 11 is 0. The van der Waals surface area contributed by atoms with Gasteiger partial charge in [-0.05, 0) is 49.2 Å². The minimum Gasteiger partial charge on any atom is -0.495 e. The van der Waals surface area contributed by atoms with Gasteiger partial charge >= 0.3 is 5.97 Å². The molecule has 0 radical (unpaired) electrons. The molecule has 0 saturated carbocycles. The van der Waals surface area contributed by atoms with Crippen LogP contribution < -0.4 is 25.0 Å². The van der Waals surface area contributed by atoms with Crippen LogP contribution >= 0.6 is 0 Å². The van der Waals surface area contributed by atoms with Crippen molar-refractivity contribution in [2.45, 2.75) is 29.8 Å². The molecular formula is C26H30N6O6S. The number of anilines is 2. The molecule has 1 saturated heterocycles. The number of sulfonamides is 1. The lowest BCUT2D eigenvalue weighted by atomic mass is 10.0. The quantitative estimate of drug-likeness (QED) is 0.274. The summed E-state index contributed by atoms with van der Waals surface area (Å²) in [6.07, 6.45) is 5.11. The van der Waals surface area contributed by atoms with Crippen molar-refractivity contribution >= 4 is 33.5 Å². The Morgan fingerprint density at radius 1 is 1.08 bits per heavy atom. The van der Waals surface area contributed by atoms with Crippen LogP contribution in [0.25, 0.3) is 0 Å². The number of hydrogen-bond donors (Lipinski definition) is 4. The van der Waals surface area contributed by atoms with E-state index >= 15 is 0 Å². The lowest BCUT2D eigenvalue weighted by Crippen LogP contribution is -2.48. The zero-order valence-electron chi connectivity index (χ0n) is 21.3. The van der Waals surface area contributed by atoms with Gasteiger partial charge in [0.2, 0.25) is 16.0 Å². The van der Waals surface area contributed by atoms with Gasteiger partial charge in [-0.2, -0.15) is 4.72 Å². The van der Waals surface area contributed by atoms with E-state index in [2.05, 4.69) is 30.2 Å². The fourth-order valence-electron chi connectivity index (χ4n) is 4.23. The number of ether oxygens (including phenoxy) is 1. The predicted octanol–water partition coefficient (Wildman–Crippen LogP) is 1.73. The third-order valence-corrected chi connectivity index (χ3v) is 7.78. The Balaban J connectivity index is 1.36. The van der Waals surface area contributed by atoms with Crippen molar-refractivity contribution in [2.75, 3.05) is 37.0 Å². The summed E-state index contributed by atoms with van der Waals surface area (Å²) in [6, 6.07) is 12.8. The highest BCUT2D eigenvalue weighted by atomic mass is 32.2. The molecule has 1 fully saturated rings. The largest absolute Gasteiger partial charge is 0.495 e. The number of hydrogen-bond acceptors (Lipinski definition) is 9. The third kappa shape index (κ3) is 7.21. The Bertz CT molecular complexity index is 1380. The lowest BCUT2D eigenvalue weighted by Gasteiger charge is -2.34. The van der Waals surface area contributed by atoms with E-state index in [1.54, 1.807) is 42.7 Å². The lowest BCUT2D eigenvalue weighted by molar-refractivity contribution is -0.138. The predicted molar refractivity (Wildman–Crippen MR) is 144 cm³/mol. The first-order valence-corrected chi connectivity index (χ1v) is 13.8. The van der Waals surface area contributed by atoms with E-state index in [0.29, 0.717) is 11.7 Å². The Morgan fingerprint density at radius 3 is 2.41 bits per heavy atom. The average molecular weight is 555 g/mol. The molecule has 4 rings (SSSR count). The summed E-state index contributed by atoms with van der Waals surface area (Å²) in [4.78, 5) is 35.0. The van der Waals surface area contributed by atoms with Crippen LogP contribution in [0, 0.1) is 0 Å². The van der Waals surface area contributed by atoms with E-state index in [1.807, 2.05) is 0 Å². The molecule has 0 spiro atoms. The molecule has 2 heterocycles. The molecule has 4 N–H and O–H groups in total. The first-order chi connectivity index (χ1) is 18.8. The number of carboxylic acids is 1. The molecule has 12 nitrogen and oxygen atoms in total. The van der Waals surface area contributed by atoms with Crippen molar-refractivity contribution in [3.8, 4) is 5.75 Å². The van der Waals surface area contributed by atoms with Crippen LogP contribution in [0.4, 0.5) is 11.6 Å². The van der Waals surface area contributed by atoms with Gasteiger partial charge in [0, 0.05) is 43.6 Å². The highest BCUT2D eigenvalue weighted by molar-refractivity contribution is 7.89. The maximum atomic E-state index is 12.8. The van der Waals surface area contributed by atoms with E-state index in [1.165, 1.54) is 31.4 Å². The second kappa shape index (κ2) is 12.5. The first kappa shape index (κ1) is 27.8. The number of amides is 1. The fourth-order valence-corrected chi connectivity index (χ4v) is 5.44. The Labute approximate surface area is 226 Å². The molecule has 0 unspecified atom stereocenters. The molecule has 1 amide bonds. The van der Waals surface area contributed by atoms with Gasteiger partial charge in [0.15, 0.2) is 0 Å². The SMILES string of the molecule is COc1cc(C(=O)NC[C@H](NS(=O)(=O)c2ccccc2)C(=O)O)ccc1N1CCC(Nc2ncccn2)CC1. The number of aliphatic carboxylic acids is 1. The van der Waals surface area contributed by atoms with E-state index in [0.717, 1.165) is 31.6 Å². The summed E-state index contributed by atoms with van der Waals surface area (Å²) in [5, 5.41) is 15.4. The first-order valence-electron chi connectivity index (χ1n) is 12.3. The number of methoxy groups -OCH3 is 1. The third-order valence-electron chi connectivity index (χ3n) is 6.29. The number of nitrogens with one attached hydrogen (secondary N) is 3. The van der Waals surface area contributed by atoms with Gasteiger partial charge in [0.25, 0.3) is 5.91 Å². The zero-order valence-corrected chi connectivity index (χ0v) is 22.1. The van der Waals surface area contributed by atoms with E-state index in [-0.39, 0.29) is 16.5 Å². The van der Waals surface area contributed by atoms with Gasteiger partial charge in [-0.3, -0.25) is 9.59 Å². The van der Waals surface area contributed by atoms with Crippen LogP contribution in [-0.4, -0.2) is 74.2 Å². The molecule has 0 aliphatic carbocycles. The van der Waals surface area contributed by atoms with Gasteiger partial charge in [-0.15, -0.1) is 0 Å². The average Bonchev–Trinajstić information content (AvgIpc) is 2.96. The Kier molecular flexibility index (Phi) is 8.94. The summed E-state index contributed by atoms with van der Waals surface area (Å²) in [5.74, 6) is -0.878. The number of carbonyl (C=O) groups is 2. The molecule has 0 bridgehead atoms. The van der Waals surface area contributed by atoms with E-state index in [4.69, 9.17) is 4.74 Å². The number of benzene rings is 2. The summed E-state index contributed by atoms with van der Waals surface area (Å²) in [6.45, 7) is 1.07. The number of rotatable bonds is 11. The highest BCUT2D eigenvalue weighted by Gasteiger charge is 2.27. The standard InChI is InChI=1S/C26H30N6O6S/c1-38-23-16-18(8-9-22(23)32-14-10-19(11-15-32)30-26-27-12-5-13-28-26)24(33)29-17-21(25(34)35)31-39(36,37)20-6-3-2-4-7-20/h2-9,12-13,16,19,21,31H,10-11,14-15,17H2,1H3,(H,29,33)(H,34,35)(H,27,28,30)/t21-/m0/s1. The van der Waals surface area contributed by atoms with Crippen LogP contribution in [0.5, 0.6) is 5.75 Å². The smallest absolute Gasteiger partial charge is 0.323 e. The minimum absolute atomic E-state index is 0.0730. The minimum atomic E-state index is -4.09. The van der Waals surface area contributed by atoms with E-state index in [9.17, 15) is 23.1 Å². The molecule has 39 heavy (non-hydrogen) atoms. The summed E-state index contributed by atoms with van der Waals surface area (Å²) in [7, 11) is -2.57. The fraction of sp³-hybridized carbons (Fsp3) is 0.308. The molecule has 1 atom stereocenters. The topological polar surface area (TPSA) is 163 Å². The zero-order chi connectivity index (χ0) is 27.8. The molecule has 206 valence electrons. The van der Waals surface area contributed by atoms with Crippen molar-refractivity contribution in [1.82, 2.24) is 20.0 Å². The molecule has 13 heteroatoms. The maximum absolute atomic E-state index is 12.8. The molecule has 2 aromatic carbocycles. The van der Waals surface area contributed by atoms with Gasteiger partial charge in [0.1, 0.15) is 11.8 Å². The molecule has 1 aromatic heterocycles. The Hall–Kier alpha value is -4.23. The van der Waals surface area contributed by atoms with Crippen LogP contribution in [0.15, 0.2) is 71.9 Å². The van der Waals surface area contributed by atoms with Crippen LogP contribution in [0.3, 0.4) is 0 Å². The van der Waals surface area contributed by atoms with Gasteiger partial charge in [-0.1, -0.05) is 18.2 Å². The van der Waals surface area contributed by atoms with Gasteiger partial charge < -0.3 is 25.4 Å². The monoisotopic (exact) mass is 554 g/mol. The second-order valence-corrected chi connectivity index (χ2v) is 10.6. The number of piperidine rings is 1. The van der Waals surface area contributed by atoms with Gasteiger partial charge in [0.05, 0.1) is 17.7 Å². The number of carboxylic acid groups (broad SMARTS) is 1. The van der Waals surface area contributed by atoms with Crippen molar-refractivity contribution in [1.29, 1.82) is 0 Å². The van der Waals surface area contributed by atoms with E-state index < -0.39 is 34.5 Å². The van der Waals surface area contributed by atoms with Crippen LogP contribution in [0.1, 0.15) is 23.2 Å². The molecular weight excluding hydrogens is 524 g/mol. The van der Waals surface area contributed by atoms with Crippen LogP contribution in [-0.2, 0) is 14.8 Å².